The molecule has 0 aromatic heterocycles. The van der Waals surface area contributed by atoms with Gasteiger partial charge in [0.2, 0.25) is 5.91 Å². The van der Waals surface area contributed by atoms with Gasteiger partial charge in [-0.1, -0.05) is 12.1 Å². The molecule has 2 aliphatic rings. The smallest absolute Gasteiger partial charge is 0.224 e. The van der Waals surface area contributed by atoms with Crippen LogP contribution in [0.15, 0.2) is 24.3 Å². The number of nitrogens with zero attached hydrogens (tertiary/aromatic N) is 1. The zero-order valence-corrected chi connectivity index (χ0v) is 14.3. The average Bonchev–Trinajstić information content (AvgIpc) is 3.05. The van der Waals surface area contributed by atoms with E-state index >= 15 is 0 Å². The highest BCUT2D eigenvalue weighted by Crippen LogP contribution is 2.33. The number of nitrogens with one attached hydrogen (secondary N) is 1. The van der Waals surface area contributed by atoms with Gasteiger partial charge >= 0.3 is 0 Å². The Morgan fingerprint density at radius 2 is 2.17 bits per heavy atom. The van der Waals surface area contributed by atoms with Crippen LogP contribution in [0.4, 0.5) is 0 Å². The second-order valence-electron chi connectivity index (χ2n) is 5.95. The lowest BCUT2D eigenvalue weighted by Gasteiger charge is -2.29. The van der Waals surface area contributed by atoms with Crippen molar-refractivity contribution in [1.29, 1.82) is 0 Å². The molecule has 2 unspecified atom stereocenters. The first-order valence-electron chi connectivity index (χ1n) is 8.02. The second kappa shape index (κ2) is 8.52. The lowest BCUT2D eigenvalue weighted by atomic mass is 10.0. The molecule has 2 fully saturated rings. The molecule has 0 radical (unpaired) electrons. The van der Waals surface area contributed by atoms with Crippen LogP contribution in [0.25, 0.3) is 0 Å². The van der Waals surface area contributed by atoms with Crippen LogP contribution < -0.4 is 10.1 Å². The van der Waals surface area contributed by atoms with Crippen molar-refractivity contribution in [3.63, 3.8) is 0 Å². The summed E-state index contributed by atoms with van der Waals surface area (Å²) >= 11 is 0. The zero-order chi connectivity index (χ0) is 15.4. The molecular weight excluding hydrogens is 316 g/mol. The number of likely N-dealkylation sites (tertiary alicyclic amines) is 1. The van der Waals surface area contributed by atoms with Crippen LogP contribution in [0.3, 0.4) is 0 Å². The van der Waals surface area contributed by atoms with Gasteiger partial charge in [-0.2, -0.15) is 0 Å². The van der Waals surface area contributed by atoms with Crippen molar-refractivity contribution in [2.45, 2.75) is 31.3 Å². The minimum Gasteiger partial charge on any atom is -0.497 e. The third-order valence-electron chi connectivity index (χ3n) is 4.49. The van der Waals surface area contributed by atoms with Crippen LogP contribution in [0, 0.1) is 0 Å². The van der Waals surface area contributed by atoms with E-state index in [-0.39, 0.29) is 30.4 Å². The number of halogens is 1. The highest BCUT2D eigenvalue weighted by Gasteiger charge is 2.31. The van der Waals surface area contributed by atoms with Crippen LogP contribution >= 0.6 is 12.4 Å². The van der Waals surface area contributed by atoms with E-state index in [0.29, 0.717) is 13.0 Å². The summed E-state index contributed by atoms with van der Waals surface area (Å²) in [6.07, 6.45) is 2.62. The first-order valence-corrected chi connectivity index (χ1v) is 8.02. The van der Waals surface area contributed by atoms with Crippen LogP contribution in [0.2, 0.25) is 0 Å². The van der Waals surface area contributed by atoms with E-state index in [1.54, 1.807) is 7.11 Å². The zero-order valence-electron chi connectivity index (χ0n) is 13.5. The third kappa shape index (κ3) is 4.37. The van der Waals surface area contributed by atoms with E-state index in [4.69, 9.17) is 9.47 Å². The van der Waals surface area contributed by atoms with Gasteiger partial charge in [0.05, 0.1) is 26.4 Å². The van der Waals surface area contributed by atoms with Crippen molar-refractivity contribution in [3.05, 3.63) is 29.8 Å². The fraction of sp³-hybridized carbons (Fsp3) is 0.588. The average molecular weight is 341 g/mol. The number of ether oxygens (including phenoxy) is 2. The summed E-state index contributed by atoms with van der Waals surface area (Å²) in [5, 5.41) is 3.35. The van der Waals surface area contributed by atoms with E-state index in [2.05, 4.69) is 17.4 Å². The largest absolute Gasteiger partial charge is 0.497 e. The van der Waals surface area contributed by atoms with Crippen LogP contribution in [-0.4, -0.2) is 50.3 Å². The number of morpholine rings is 1. The normalized spacial score (nSPS) is 24.1. The van der Waals surface area contributed by atoms with Gasteiger partial charge in [0.25, 0.3) is 0 Å². The van der Waals surface area contributed by atoms with Gasteiger partial charge in [-0.05, 0) is 30.5 Å². The molecule has 6 heteroatoms. The molecular formula is C17H25ClN2O3. The van der Waals surface area contributed by atoms with Crippen molar-refractivity contribution in [1.82, 2.24) is 10.2 Å². The van der Waals surface area contributed by atoms with Gasteiger partial charge in [-0.3, -0.25) is 4.79 Å². The molecule has 2 saturated heterocycles. The molecule has 0 bridgehead atoms. The van der Waals surface area contributed by atoms with Crippen LogP contribution in [-0.2, 0) is 9.53 Å². The van der Waals surface area contributed by atoms with E-state index < -0.39 is 0 Å². The molecule has 0 aliphatic carbocycles. The van der Waals surface area contributed by atoms with Crippen molar-refractivity contribution in [2.24, 2.45) is 0 Å². The lowest BCUT2D eigenvalue weighted by Crippen LogP contribution is -2.45. The minimum absolute atomic E-state index is 0. The van der Waals surface area contributed by atoms with Gasteiger partial charge in [0.1, 0.15) is 5.75 Å². The molecule has 128 valence electrons. The van der Waals surface area contributed by atoms with Crippen molar-refractivity contribution in [3.8, 4) is 5.75 Å². The second-order valence-corrected chi connectivity index (χ2v) is 5.95. The molecule has 1 aromatic carbocycles. The van der Waals surface area contributed by atoms with Gasteiger partial charge in [-0.25, -0.2) is 0 Å². The van der Waals surface area contributed by atoms with E-state index in [1.807, 2.05) is 17.0 Å². The number of amides is 1. The fourth-order valence-corrected chi connectivity index (χ4v) is 3.32. The van der Waals surface area contributed by atoms with Crippen molar-refractivity contribution in [2.75, 3.05) is 33.4 Å². The predicted octanol–water partition coefficient (Wildman–Crippen LogP) is 2.16. The maximum absolute atomic E-state index is 12.6. The molecule has 2 aliphatic heterocycles. The molecule has 1 N–H and O–H groups in total. The van der Waals surface area contributed by atoms with E-state index in [0.717, 1.165) is 38.3 Å². The lowest BCUT2D eigenvalue weighted by molar-refractivity contribution is -0.133. The Hall–Kier alpha value is -1.30. The number of hydrogen-bond acceptors (Lipinski definition) is 4. The maximum atomic E-state index is 12.6. The molecule has 2 heterocycles. The number of carbonyl (C=O) groups is 1. The van der Waals surface area contributed by atoms with Gasteiger partial charge in [-0.15, -0.1) is 12.4 Å². The molecule has 0 saturated carbocycles. The summed E-state index contributed by atoms with van der Waals surface area (Å²) in [4.78, 5) is 14.7. The van der Waals surface area contributed by atoms with Gasteiger partial charge in [0.15, 0.2) is 0 Å². The Balaban J connectivity index is 0.00000192. The first-order chi connectivity index (χ1) is 10.8. The quantitative estimate of drug-likeness (QED) is 0.912. The Labute approximate surface area is 143 Å². The third-order valence-corrected chi connectivity index (χ3v) is 4.49. The number of hydrogen-bond donors (Lipinski definition) is 1. The molecule has 0 spiro atoms. The predicted molar refractivity (Wildman–Crippen MR) is 91.2 cm³/mol. The van der Waals surface area contributed by atoms with E-state index in [9.17, 15) is 4.79 Å². The molecule has 5 nitrogen and oxygen atoms in total. The highest BCUT2D eigenvalue weighted by molar-refractivity contribution is 5.85. The topological polar surface area (TPSA) is 50.8 Å². The first kappa shape index (κ1) is 18.0. The number of methoxy groups -OCH3 is 1. The molecule has 2 atom stereocenters. The highest BCUT2D eigenvalue weighted by atomic mass is 35.5. The number of rotatable bonds is 4. The minimum atomic E-state index is 0. The summed E-state index contributed by atoms with van der Waals surface area (Å²) in [5.41, 5.74) is 1.19. The molecule has 23 heavy (non-hydrogen) atoms. The summed E-state index contributed by atoms with van der Waals surface area (Å²) in [5.74, 6) is 1.07. The Morgan fingerprint density at radius 1 is 1.39 bits per heavy atom. The van der Waals surface area contributed by atoms with Crippen LogP contribution in [0.1, 0.15) is 30.9 Å². The Morgan fingerprint density at radius 3 is 2.83 bits per heavy atom. The molecule has 1 amide bonds. The van der Waals surface area contributed by atoms with Gasteiger partial charge < -0.3 is 19.7 Å². The van der Waals surface area contributed by atoms with Crippen LogP contribution in [0.5, 0.6) is 5.75 Å². The molecule has 1 aromatic rings. The SMILES string of the molecule is COc1ccc(C2CCCN2C(=O)CC2COCCN2)cc1.Cl. The van der Waals surface area contributed by atoms with Crippen molar-refractivity contribution < 1.29 is 14.3 Å². The van der Waals surface area contributed by atoms with Crippen molar-refractivity contribution >= 4 is 18.3 Å². The Bertz CT molecular complexity index is 503. The summed E-state index contributed by atoms with van der Waals surface area (Å²) in [6, 6.07) is 8.41. The Kier molecular flexibility index (Phi) is 6.69. The summed E-state index contributed by atoms with van der Waals surface area (Å²) < 4.78 is 10.6. The fourth-order valence-electron chi connectivity index (χ4n) is 3.32. The maximum Gasteiger partial charge on any atom is 0.224 e. The van der Waals surface area contributed by atoms with Gasteiger partial charge in [0, 0.05) is 25.6 Å². The standard InChI is InChI=1S/C17H24N2O3.ClH/c1-21-15-6-4-13(5-7-15)16-3-2-9-19(16)17(20)11-14-12-22-10-8-18-14;/h4-7,14,16,18H,2-3,8-12H2,1H3;1H. The van der Waals surface area contributed by atoms with E-state index in [1.165, 1.54) is 5.56 Å². The summed E-state index contributed by atoms with van der Waals surface area (Å²) in [6.45, 7) is 3.05. The number of carbonyl (C=O) groups excluding carboxylic acids is 1. The number of benzene rings is 1. The summed E-state index contributed by atoms with van der Waals surface area (Å²) in [7, 11) is 1.67. The monoisotopic (exact) mass is 340 g/mol. The molecule has 3 rings (SSSR count).